The zero-order valence-corrected chi connectivity index (χ0v) is 18.0. The highest BCUT2D eigenvalue weighted by Gasteiger charge is 2.24. The molecule has 2 aromatic rings. The van der Waals surface area contributed by atoms with Gasteiger partial charge in [0.05, 0.1) is 5.56 Å². The van der Waals surface area contributed by atoms with Gasteiger partial charge in [-0.15, -0.1) is 0 Å². The van der Waals surface area contributed by atoms with Crippen molar-refractivity contribution in [1.29, 1.82) is 0 Å². The molecule has 4 rings (SSSR count). The van der Waals surface area contributed by atoms with Gasteiger partial charge in [0, 0.05) is 32.7 Å². The molecule has 1 amide bonds. The van der Waals surface area contributed by atoms with E-state index in [2.05, 4.69) is 11.0 Å². The summed E-state index contributed by atoms with van der Waals surface area (Å²) in [6.45, 7) is 4.48. The molecule has 164 valence electrons. The second-order valence-electron chi connectivity index (χ2n) is 8.42. The zero-order chi connectivity index (χ0) is 21.5. The summed E-state index contributed by atoms with van der Waals surface area (Å²) >= 11 is 0. The number of carbonyl (C=O) groups is 1. The quantitative estimate of drug-likeness (QED) is 0.656. The molecule has 4 nitrogen and oxygen atoms in total. The minimum absolute atomic E-state index is 0.0960. The third-order valence-corrected chi connectivity index (χ3v) is 6.13. The van der Waals surface area contributed by atoms with Crippen LogP contribution in [-0.2, 0) is 0 Å². The largest absolute Gasteiger partial charge is 0.489 e. The first-order chi connectivity index (χ1) is 15.2. The van der Waals surface area contributed by atoms with Crippen LogP contribution in [0.15, 0.2) is 54.6 Å². The number of carbonyl (C=O) groups excluding carboxylic acids is 1. The van der Waals surface area contributed by atoms with Crippen LogP contribution >= 0.6 is 0 Å². The minimum atomic E-state index is -0.210. The van der Waals surface area contributed by atoms with Gasteiger partial charge < -0.3 is 9.64 Å². The summed E-state index contributed by atoms with van der Waals surface area (Å²) in [4.78, 5) is 17.3. The van der Waals surface area contributed by atoms with E-state index >= 15 is 0 Å². The molecule has 0 aromatic heterocycles. The lowest BCUT2D eigenvalue weighted by atomic mass is 10.1. The smallest absolute Gasteiger partial charge is 0.257 e. The fourth-order valence-corrected chi connectivity index (χ4v) is 4.31. The molecule has 2 heterocycles. The van der Waals surface area contributed by atoms with Gasteiger partial charge >= 0.3 is 0 Å². The Morgan fingerprint density at radius 3 is 2.42 bits per heavy atom. The molecule has 0 aliphatic carbocycles. The summed E-state index contributed by atoms with van der Waals surface area (Å²) in [5.41, 5.74) is 1.70. The van der Waals surface area contributed by atoms with Crippen LogP contribution in [0.5, 0.6) is 5.75 Å². The molecule has 2 saturated heterocycles. The first-order valence-corrected chi connectivity index (χ1v) is 11.4. The number of benzene rings is 2. The molecule has 0 radical (unpaired) electrons. The van der Waals surface area contributed by atoms with E-state index in [1.807, 2.05) is 35.2 Å². The fourth-order valence-electron chi connectivity index (χ4n) is 4.31. The third kappa shape index (κ3) is 5.95. The van der Waals surface area contributed by atoms with Crippen molar-refractivity contribution in [2.24, 2.45) is 0 Å². The molecule has 0 N–H and O–H groups in total. The van der Waals surface area contributed by atoms with E-state index in [4.69, 9.17) is 4.74 Å². The summed E-state index contributed by atoms with van der Waals surface area (Å²) in [7, 11) is 0. The Morgan fingerprint density at radius 1 is 0.968 bits per heavy atom. The van der Waals surface area contributed by atoms with Gasteiger partial charge in [-0.05, 0) is 61.9 Å². The number of hydrogen-bond donors (Lipinski definition) is 0. The first-order valence-electron chi connectivity index (χ1n) is 11.4. The number of para-hydroxylation sites is 1. The minimum Gasteiger partial charge on any atom is -0.489 e. The van der Waals surface area contributed by atoms with Crippen LogP contribution in [0.25, 0.3) is 6.08 Å². The number of halogens is 1. The van der Waals surface area contributed by atoms with Crippen molar-refractivity contribution in [3.05, 3.63) is 71.6 Å². The van der Waals surface area contributed by atoms with Crippen molar-refractivity contribution < 1.29 is 13.9 Å². The number of likely N-dealkylation sites (tertiary alicyclic amines) is 2. The van der Waals surface area contributed by atoms with E-state index in [9.17, 15) is 9.18 Å². The van der Waals surface area contributed by atoms with Crippen molar-refractivity contribution >= 4 is 12.0 Å². The van der Waals surface area contributed by atoms with Gasteiger partial charge in [0.25, 0.3) is 5.91 Å². The standard InChI is InChI=1S/C26H31FN2O2/c27-22-12-10-21(11-13-22)7-6-16-28-19-14-23(15-20-28)31-25-9-3-2-8-24(25)26(30)29-17-4-1-5-18-29/h2-3,6-13,23H,1,4-5,14-20H2. The average Bonchev–Trinajstić information content (AvgIpc) is 2.82. The maximum absolute atomic E-state index is 13.0. The molecular formula is C26H31FN2O2. The molecule has 0 bridgehead atoms. The summed E-state index contributed by atoms with van der Waals surface area (Å²) in [6.07, 6.45) is 9.55. The van der Waals surface area contributed by atoms with E-state index in [0.717, 1.165) is 64.0 Å². The normalized spacial score (nSPS) is 18.4. The summed E-state index contributed by atoms with van der Waals surface area (Å²) in [6, 6.07) is 14.2. The molecule has 5 heteroatoms. The van der Waals surface area contributed by atoms with E-state index in [1.54, 1.807) is 12.1 Å². The van der Waals surface area contributed by atoms with Gasteiger partial charge in [0.1, 0.15) is 17.7 Å². The van der Waals surface area contributed by atoms with Gasteiger partial charge in [-0.25, -0.2) is 4.39 Å². The Bertz CT molecular complexity index is 883. The van der Waals surface area contributed by atoms with Crippen LogP contribution < -0.4 is 4.74 Å². The van der Waals surface area contributed by atoms with E-state index in [-0.39, 0.29) is 17.8 Å². The number of hydrogen-bond acceptors (Lipinski definition) is 3. The maximum atomic E-state index is 13.0. The lowest BCUT2D eigenvalue weighted by Gasteiger charge is -2.32. The summed E-state index contributed by atoms with van der Waals surface area (Å²) in [5.74, 6) is 0.602. The Balaban J connectivity index is 1.28. The highest BCUT2D eigenvalue weighted by atomic mass is 19.1. The van der Waals surface area contributed by atoms with Crippen molar-refractivity contribution in [2.75, 3.05) is 32.7 Å². The average molecular weight is 423 g/mol. The van der Waals surface area contributed by atoms with Crippen molar-refractivity contribution in [1.82, 2.24) is 9.80 Å². The SMILES string of the molecule is O=C(c1ccccc1OC1CCN(CC=Cc2ccc(F)cc2)CC1)N1CCCCC1. The predicted octanol–water partition coefficient (Wildman–Crippen LogP) is 5.01. The number of piperidine rings is 2. The molecule has 0 atom stereocenters. The Labute approximate surface area is 184 Å². The number of ether oxygens (including phenoxy) is 1. The van der Waals surface area contributed by atoms with Gasteiger partial charge in [-0.3, -0.25) is 9.69 Å². The second kappa shape index (κ2) is 10.6. The molecule has 2 aliphatic heterocycles. The van der Waals surface area contributed by atoms with Gasteiger partial charge in [0.2, 0.25) is 0 Å². The summed E-state index contributed by atoms with van der Waals surface area (Å²) in [5, 5.41) is 0. The van der Waals surface area contributed by atoms with Gasteiger partial charge in [0.15, 0.2) is 0 Å². The number of nitrogens with zero attached hydrogens (tertiary/aromatic N) is 2. The van der Waals surface area contributed by atoms with Crippen LogP contribution in [0.1, 0.15) is 48.0 Å². The highest BCUT2D eigenvalue weighted by molar-refractivity contribution is 5.97. The third-order valence-electron chi connectivity index (χ3n) is 6.13. The zero-order valence-electron chi connectivity index (χ0n) is 18.0. The lowest BCUT2D eigenvalue weighted by molar-refractivity contribution is 0.0706. The molecule has 0 saturated carbocycles. The van der Waals surface area contributed by atoms with E-state index < -0.39 is 0 Å². The van der Waals surface area contributed by atoms with Gasteiger partial charge in [-0.1, -0.05) is 36.4 Å². The van der Waals surface area contributed by atoms with Crippen LogP contribution in [0.2, 0.25) is 0 Å². The molecular weight excluding hydrogens is 391 g/mol. The Kier molecular flexibility index (Phi) is 7.36. The van der Waals surface area contributed by atoms with Crippen LogP contribution in [0, 0.1) is 5.82 Å². The molecule has 2 aliphatic rings. The number of rotatable bonds is 6. The van der Waals surface area contributed by atoms with E-state index in [1.165, 1.54) is 18.6 Å². The van der Waals surface area contributed by atoms with Crippen LogP contribution in [-0.4, -0.2) is 54.5 Å². The molecule has 2 aromatic carbocycles. The van der Waals surface area contributed by atoms with Gasteiger partial charge in [-0.2, -0.15) is 0 Å². The molecule has 31 heavy (non-hydrogen) atoms. The molecule has 0 spiro atoms. The van der Waals surface area contributed by atoms with E-state index in [0.29, 0.717) is 11.3 Å². The predicted molar refractivity (Wildman–Crippen MR) is 122 cm³/mol. The van der Waals surface area contributed by atoms with Crippen molar-refractivity contribution in [3.63, 3.8) is 0 Å². The molecule has 2 fully saturated rings. The van der Waals surface area contributed by atoms with Crippen molar-refractivity contribution in [3.8, 4) is 5.75 Å². The first kappa shape index (κ1) is 21.6. The highest BCUT2D eigenvalue weighted by Crippen LogP contribution is 2.25. The maximum Gasteiger partial charge on any atom is 0.257 e. The monoisotopic (exact) mass is 422 g/mol. The fraction of sp³-hybridized carbons (Fsp3) is 0.423. The van der Waals surface area contributed by atoms with Crippen LogP contribution in [0.3, 0.4) is 0 Å². The Morgan fingerprint density at radius 2 is 1.68 bits per heavy atom. The lowest BCUT2D eigenvalue weighted by Crippen LogP contribution is -2.39. The summed E-state index contributed by atoms with van der Waals surface area (Å²) < 4.78 is 19.3. The molecule has 0 unspecified atom stereocenters. The second-order valence-corrected chi connectivity index (χ2v) is 8.42. The Hall–Kier alpha value is -2.66. The van der Waals surface area contributed by atoms with Crippen LogP contribution in [0.4, 0.5) is 4.39 Å². The topological polar surface area (TPSA) is 32.8 Å². The van der Waals surface area contributed by atoms with Crippen molar-refractivity contribution in [2.45, 2.75) is 38.2 Å². The number of amides is 1.